The Bertz CT molecular complexity index is 1750. The number of allylic oxidation sites excluding steroid dienone is 1. The summed E-state index contributed by atoms with van der Waals surface area (Å²) in [6.07, 6.45) is 8.81. The Morgan fingerprint density at radius 3 is 2.54 bits per heavy atom. The highest BCUT2D eigenvalue weighted by Crippen LogP contribution is 2.30. The number of carbonyl (C=O) groups excluding carboxylic acids is 3. The molecule has 4 atom stereocenters. The first-order chi connectivity index (χ1) is 23.9. The Hall–Kier alpha value is -5.33. The number of fused-ring (bicyclic) bond motifs is 1. The van der Waals surface area contributed by atoms with Crippen LogP contribution in [0.25, 0.3) is 23.5 Å². The minimum Gasteiger partial charge on any atom is -0.479 e. The molecule has 0 radical (unpaired) electrons. The second-order valence-corrected chi connectivity index (χ2v) is 13.7. The Morgan fingerprint density at radius 2 is 1.82 bits per heavy atom. The lowest BCUT2D eigenvalue weighted by molar-refractivity contribution is -0.147. The fourth-order valence-corrected chi connectivity index (χ4v) is 6.14. The van der Waals surface area contributed by atoms with Gasteiger partial charge >= 0.3 is 12.1 Å². The summed E-state index contributed by atoms with van der Waals surface area (Å²) in [4.78, 5) is 56.3. The highest BCUT2D eigenvalue weighted by Gasteiger charge is 2.46. The third kappa shape index (κ3) is 8.82. The van der Waals surface area contributed by atoms with Crippen molar-refractivity contribution in [1.29, 1.82) is 0 Å². The molecule has 3 amide bonds. The molecule has 0 unspecified atom stereocenters. The van der Waals surface area contributed by atoms with Crippen molar-refractivity contribution < 1.29 is 29.0 Å². The standard InChI is InChI=1S/C37H45N7O6/c1-5-37(34(47)48)21-12-7-6-11-18-29(38-35(49)50-36(2,3)4)33(46)43-24-28(23-30(43)32(45)39-37)44-41-31(40-42-44)27-17-13-16-26(22-27)20-19-25-14-9-8-10-15-25/h8-10,12-17,19-22,28-30H,5-7,11,18,23-24H2,1-4H3,(H,38,49)(H,39,45)(H,47,48)/b20-19+,21-12-/t28-,29+,30+,37-/m1/s1. The van der Waals surface area contributed by atoms with Crippen LogP contribution in [0.1, 0.15) is 83.4 Å². The third-order valence-corrected chi connectivity index (χ3v) is 8.82. The monoisotopic (exact) mass is 683 g/mol. The van der Waals surface area contributed by atoms with Crippen molar-refractivity contribution in [1.82, 2.24) is 35.7 Å². The van der Waals surface area contributed by atoms with Gasteiger partial charge in [0.05, 0.1) is 6.04 Å². The smallest absolute Gasteiger partial charge is 0.408 e. The van der Waals surface area contributed by atoms with E-state index >= 15 is 0 Å². The first-order valence-electron chi connectivity index (χ1n) is 17.0. The van der Waals surface area contributed by atoms with Crippen molar-refractivity contribution in [3.63, 3.8) is 0 Å². The number of tetrazole rings is 1. The third-order valence-electron chi connectivity index (χ3n) is 8.82. The average molecular weight is 684 g/mol. The van der Waals surface area contributed by atoms with E-state index in [1.165, 1.54) is 15.8 Å². The van der Waals surface area contributed by atoms with E-state index < -0.39 is 53.1 Å². The zero-order valence-electron chi connectivity index (χ0n) is 28.9. The number of carboxylic acid groups (broad SMARTS) is 1. The van der Waals surface area contributed by atoms with E-state index in [1.54, 1.807) is 33.8 Å². The molecule has 1 saturated heterocycles. The topological polar surface area (TPSA) is 169 Å². The number of nitrogens with one attached hydrogen (secondary N) is 2. The number of benzene rings is 2. The van der Waals surface area contributed by atoms with Crippen molar-refractivity contribution >= 4 is 36.0 Å². The lowest BCUT2D eigenvalue weighted by Gasteiger charge is -2.32. The molecule has 13 nitrogen and oxygen atoms in total. The zero-order valence-corrected chi connectivity index (χ0v) is 28.9. The maximum atomic E-state index is 14.2. The van der Waals surface area contributed by atoms with Gasteiger partial charge in [-0.15, -0.1) is 10.2 Å². The number of carboxylic acids is 1. The molecular weight excluding hydrogens is 638 g/mol. The van der Waals surface area contributed by atoms with E-state index in [0.29, 0.717) is 31.5 Å². The molecule has 3 aromatic rings. The molecule has 2 aliphatic heterocycles. The molecule has 50 heavy (non-hydrogen) atoms. The number of ether oxygens (including phenoxy) is 1. The number of carbonyl (C=O) groups is 4. The van der Waals surface area contributed by atoms with Crippen LogP contribution in [0.15, 0.2) is 66.7 Å². The largest absolute Gasteiger partial charge is 0.479 e. The summed E-state index contributed by atoms with van der Waals surface area (Å²) in [5.41, 5.74) is 0.322. The maximum absolute atomic E-state index is 14.2. The van der Waals surface area contributed by atoms with Crippen molar-refractivity contribution in [3.05, 3.63) is 77.9 Å². The van der Waals surface area contributed by atoms with Crippen LogP contribution in [0.3, 0.4) is 0 Å². The summed E-state index contributed by atoms with van der Waals surface area (Å²) in [5, 5.41) is 28.9. The first kappa shape index (κ1) is 36.0. The van der Waals surface area contributed by atoms with Gasteiger partial charge in [0.2, 0.25) is 17.6 Å². The SMILES string of the molecule is CC[C@]1(C(=O)O)/C=C\CCCC[C@H](NC(=O)OC(C)(C)C)C(=O)N2C[C@H](n3nnc(-c4cccc(/C=C/c5ccccc5)c4)n3)C[C@H]2C(=O)N1. The summed E-state index contributed by atoms with van der Waals surface area (Å²) in [5.74, 6) is -1.91. The molecule has 1 fully saturated rings. The highest BCUT2D eigenvalue weighted by atomic mass is 16.6. The van der Waals surface area contributed by atoms with Gasteiger partial charge in [-0.05, 0) is 68.9 Å². The van der Waals surface area contributed by atoms with Gasteiger partial charge in [-0.2, -0.15) is 4.80 Å². The van der Waals surface area contributed by atoms with Crippen LogP contribution >= 0.6 is 0 Å². The number of rotatable bonds is 7. The minimum absolute atomic E-state index is 0.0428. The van der Waals surface area contributed by atoms with Crippen LogP contribution in [0.4, 0.5) is 4.79 Å². The molecule has 3 heterocycles. The summed E-state index contributed by atoms with van der Waals surface area (Å²) in [7, 11) is 0. The molecule has 0 spiro atoms. The van der Waals surface area contributed by atoms with Gasteiger partial charge in [-0.3, -0.25) is 9.59 Å². The Balaban J connectivity index is 1.43. The molecule has 3 N–H and O–H groups in total. The van der Waals surface area contributed by atoms with E-state index in [1.807, 2.05) is 66.7 Å². The van der Waals surface area contributed by atoms with Crippen LogP contribution in [0.5, 0.6) is 0 Å². The van der Waals surface area contributed by atoms with E-state index in [4.69, 9.17) is 4.74 Å². The van der Waals surface area contributed by atoms with Crippen LogP contribution in [0.2, 0.25) is 0 Å². The van der Waals surface area contributed by atoms with Gasteiger partial charge in [0, 0.05) is 18.5 Å². The number of hydrogen-bond donors (Lipinski definition) is 3. The summed E-state index contributed by atoms with van der Waals surface area (Å²) in [6.45, 7) is 6.93. The average Bonchev–Trinajstić information content (AvgIpc) is 3.75. The maximum Gasteiger partial charge on any atom is 0.408 e. The number of aromatic nitrogens is 4. The van der Waals surface area contributed by atoms with Crippen molar-refractivity contribution in [3.8, 4) is 11.4 Å². The lowest BCUT2D eigenvalue weighted by atomic mass is 9.94. The quantitative estimate of drug-likeness (QED) is 0.229. The summed E-state index contributed by atoms with van der Waals surface area (Å²) < 4.78 is 5.45. The molecule has 2 aliphatic rings. The number of amides is 3. The number of hydrogen-bond acceptors (Lipinski definition) is 8. The van der Waals surface area contributed by atoms with Crippen LogP contribution in [-0.4, -0.2) is 83.9 Å². The number of aliphatic carboxylic acids is 1. The van der Waals surface area contributed by atoms with Gasteiger partial charge in [0.1, 0.15) is 17.7 Å². The Kier molecular flexibility index (Phi) is 11.1. The highest BCUT2D eigenvalue weighted by molar-refractivity contribution is 5.95. The van der Waals surface area contributed by atoms with Gasteiger partial charge in [0.15, 0.2) is 5.54 Å². The number of alkyl carbamates (subject to hydrolysis) is 1. The predicted molar refractivity (Wildman–Crippen MR) is 187 cm³/mol. The molecular formula is C37H45N7O6. The Morgan fingerprint density at radius 1 is 1.08 bits per heavy atom. The predicted octanol–water partition coefficient (Wildman–Crippen LogP) is 5.03. The molecule has 264 valence electrons. The van der Waals surface area contributed by atoms with E-state index in [0.717, 1.165) is 16.7 Å². The molecule has 0 saturated carbocycles. The molecule has 13 heteroatoms. The fourth-order valence-electron chi connectivity index (χ4n) is 6.14. The molecule has 0 bridgehead atoms. The molecule has 5 rings (SSSR count). The van der Waals surface area contributed by atoms with Crippen molar-refractivity contribution in [2.24, 2.45) is 0 Å². The van der Waals surface area contributed by atoms with Crippen LogP contribution in [0, 0.1) is 0 Å². The molecule has 0 aliphatic carbocycles. The van der Waals surface area contributed by atoms with Gasteiger partial charge < -0.3 is 25.4 Å². The van der Waals surface area contributed by atoms with Gasteiger partial charge in [-0.25, -0.2) is 9.59 Å². The summed E-state index contributed by atoms with van der Waals surface area (Å²) in [6, 6.07) is 15.1. The van der Waals surface area contributed by atoms with Crippen molar-refractivity contribution in [2.45, 2.75) is 95.5 Å². The number of nitrogens with zero attached hydrogens (tertiary/aromatic N) is 5. The van der Waals surface area contributed by atoms with Gasteiger partial charge in [-0.1, -0.05) is 86.2 Å². The second-order valence-electron chi connectivity index (χ2n) is 13.7. The van der Waals surface area contributed by atoms with E-state index in [-0.39, 0.29) is 19.4 Å². The van der Waals surface area contributed by atoms with E-state index in [9.17, 15) is 24.3 Å². The van der Waals surface area contributed by atoms with Crippen LogP contribution in [-0.2, 0) is 19.1 Å². The summed E-state index contributed by atoms with van der Waals surface area (Å²) >= 11 is 0. The van der Waals surface area contributed by atoms with Crippen LogP contribution < -0.4 is 10.6 Å². The fraction of sp³-hybridized carbons (Fsp3) is 0.432. The second kappa shape index (κ2) is 15.5. The lowest BCUT2D eigenvalue weighted by Crippen LogP contribution is -2.59. The first-order valence-corrected chi connectivity index (χ1v) is 17.0. The zero-order chi connectivity index (χ0) is 35.9. The molecule has 2 aromatic carbocycles. The van der Waals surface area contributed by atoms with E-state index in [2.05, 4.69) is 26.0 Å². The molecule has 1 aromatic heterocycles. The Labute approximate surface area is 291 Å². The minimum atomic E-state index is -1.65. The van der Waals surface area contributed by atoms with Crippen molar-refractivity contribution in [2.75, 3.05) is 6.54 Å². The van der Waals surface area contributed by atoms with Gasteiger partial charge in [0.25, 0.3) is 0 Å². The normalized spacial score (nSPS) is 24.0.